The third kappa shape index (κ3) is 2.77. The third-order valence-corrected chi connectivity index (χ3v) is 4.07. The van der Waals surface area contributed by atoms with Crippen LogP contribution in [0, 0.1) is 5.41 Å². The van der Waals surface area contributed by atoms with Gasteiger partial charge in [0.15, 0.2) is 0 Å². The Labute approximate surface area is 104 Å². The highest BCUT2D eigenvalue weighted by atomic mass is 79.9. The molecule has 0 aliphatic carbocycles. The van der Waals surface area contributed by atoms with Crippen LogP contribution < -0.4 is 0 Å². The molecular formula is C10H15BrN2OS. The Balaban J connectivity index is 2.06. The highest BCUT2D eigenvalue weighted by Gasteiger charge is 2.31. The lowest BCUT2D eigenvalue weighted by atomic mass is 9.82. The zero-order valence-corrected chi connectivity index (χ0v) is 11.0. The Morgan fingerprint density at radius 3 is 2.80 bits per heavy atom. The van der Waals surface area contributed by atoms with Gasteiger partial charge in [-0.05, 0) is 34.5 Å². The maximum absolute atomic E-state index is 5.40. The Morgan fingerprint density at radius 2 is 2.27 bits per heavy atom. The van der Waals surface area contributed by atoms with Gasteiger partial charge in [-0.25, -0.2) is 0 Å². The summed E-state index contributed by atoms with van der Waals surface area (Å²) in [4.78, 5) is 0. The maximum Gasteiger partial charge on any atom is 0.0632 e. The van der Waals surface area contributed by atoms with Crippen LogP contribution in [0.2, 0.25) is 0 Å². The van der Waals surface area contributed by atoms with E-state index in [1.165, 1.54) is 0 Å². The molecule has 0 atom stereocenters. The normalized spacial score (nSPS) is 20.4. The van der Waals surface area contributed by atoms with Gasteiger partial charge in [0.25, 0.3) is 0 Å². The van der Waals surface area contributed by atoms with Gasteiger partial charge >= 0.3 is 0 Å². The zero-order chi connectivity index (χ0) is 10.7. The van der Waals surface area contributed by atoms with E-state index in [1.54, 1.807) is 0 Å². The van der Waals surface area contributed by atoms with E-state index in [9.17, 15) is 0 Å². The molecule has 5 heteroatoms. The minimum Gasteiger partial charge on any atom is -0.381 e. The lowest BCUT2D eigenvalue weighted by molar-refractivity contribution is 0.0165. The fourth-order valence-corrected chi connectivity index (χ4v) is 2.68. The van der Waals surface area contributed by atoms with Crippen molar-refractivity contribution in [2.24, 2.45) is 5.41 Å². The van der Waals surface area contributed by atoms with Crippen LogP contribution in [0.4, 0.5) is 0 Å². The molecule has 2 rings (SSSR count). The fraction of sp³-hybridized carbons (Fsp3) is 0.700. The van der Waals surface area contributed by atoms with Crippen molar-refractivity contribution in [2.75, 3.05) is 19.0 Å². The number of ether oxygens (including phenoxy) is 1. The van der Waals surface area contributed by atoms with E-state index in [0.717, 1.165) is 42.8 Å². The van der Waals surface area contributed by atoms with E-state index >= 15 is 0 Å². The van der Waals surface area contributed by atoms with Crippen molar-refractivity contribution in [3.63, 3.8) is 0 Å². The second-order valence-electron chi connectivity index (χ2n) is 4.13. The molecule has 1 fully saturated rings. The van der Waals surface area contributed by atoms with Gasteiger partial charge in [-0.1, -0.05) is 0 Å². The van der Waals surface area contributed by atoms with Crippen molar-refractivity contribution in [1.29, 1.82) is 0 Å². The molecule has 0 radical (unpaired) electrons. The smallest absolute Gasteiger partial charge is 0.0632 e. The second kappa shape index (κ2) is 4.89. The van der Waals surface area contributed by atoms with Crippen molar-refractivity contribution in [3.8, 4) is 0 Å². The van der Waals surface area contributed by atoms with Crippen molar-refractivity contribution in [3.05, 3.63) is 16.9 Å². The average molecular weight is 291 g/mol. The molecule has 1 aromatic heterocycles. The number of aromatic nitrogens is 2. The van der Waals surface area contributed by atoms with E-state index in [2.05, 4.69) is 33.7 Å². The summed E-state index contributed by atoms with van der Waals surface area (Å²) in [6, 6.07) is 0. The maximum atomic E-state index is 5.40. The number of hydrogen-bond acceptors (Lipinski definition) is 3. The molecule has 15 heavy (non-hydrogen) atoms. The topological polar surface area (TPSA) is 27.1 Å². The molecule has 0 amide bonds. The van der Waals surface area contributed by atoms with E-state index in [0.29, 0.717) is 0 Å². The predicted octanol–water partition coefficient (Wildman–Crippen LogP) is 2.37. The Kier molecular flexibility index (Phi) is 3.74. The summed E-state index contributed by atoms with van der Waals surface area (Å²) in [5.74, 6) is 0.897. The first-order valence-electron chi connectivity index (χ1n) is 5.11. The van der Waals surface area contributed by atoms with Gasteiger partial charge in [0.1, 0.15) is 0 Å². The first-order chi connectivity index (χ1) is 7.24. The Hall–Kier alpha value is -0.0000000000000000763. The average Bonchev–Trinajstić information content (AvgIpc) is 2.65. The summed E-state index contributed by atoms with van der Waals surface area (Å²) in [6.45, 7) is 2.64. The van der Waals surface area contributed by atoms with Crippen molar-refractivity contribution in [2.45, 2.75) is 19.4 Å². The predicted molar refractivity (Wildman–Crippen MR) is 66.3 cm³/mol. The van der Waals surface area contributed by atoms with Gasteiger partial charge in [-0.3, -0.25) is 4.68 Å². The summed E-state index contributed by atoms with van der Waals surface area (Å²) in [5, 5.41) is 4.30. The zero-order valence-electron chi connectivity index (χ0n) is 8.53. The molecule has 1 aliphatic heterocycles. The first kappa shape index (κ1) is 11.5. The van der Waals surface area contributed by atoms with Gasteiger partial charge in [0, 0.05) is 31.4 Å². The van der Waals surface area contributed by atoms with Crippen LogP contribution in [0.15, 0.2) is 16.9 Å². The number of halogens is 1. The summed E-state index contributed by atoms with van der Waals surface area (Å²) < 4.78 is 8.42. The van der Waals surface area contributed by atoms with Gasteiger partial charge in [-0.15, -0.1) is 0 Å². The highest BCUT2D eigenvalue weighted by Crippen LogP contribution is 2.33. The molecule has 0 unspecified atom stereocenters. The molecule has 0 N–H and O–H groups in total. The second-order valence-corrected chi connectivity index (χ2v) is 5.36. The standard InChI is InChI=1S/C10H15BrN2OS/c11-9-5-12-13(6-9)7-10(8-15)1-3-14-4-2-10/h5-6,15H,1-4,7-8H2. The molecule has 0 saturated carbocycles. The van der Waals surface area contributed by atoms with Gasteiger partial charge < -0.3 is 4.74 Å². The number of thiol groups is 1. The first-order valence-corrected chi connectivity index (χ1v) is 6.53. The summed E-state index contributed by atoms with van der Waals surface area (Å²) in [6.07, 6.45) is 5.99. The third-order valence-electron chi connectivity index (χ3n) is 2.99. The van der Waals surface area contributed by atoms with E-state index in [-0.39, 0.29) is 5.41 Å². The molecule has 2 heterocycles. The highest BCUT2D eigenvalue weighted by molar-refractivity contribution is 9.10. The summed E-state index contributed by atoms with van der Waals surface area (Å²) >= 11 is 7.89. The summed E-state index contributed by atoms with van der Waals surface area (Å²) in [5.41, 5.74) is 0.257. The number of rotatable bonds is 3. The van der Waals surface area contributed by atoms with E-state index in [1.807, 2.05) is 17.1 Å². The quantitative estimate of drug-likeness (QED) is 0.866. The summed E-state index contributed by atoms with van der Waals surface area (Å²) in [7, 11) is 0. The van der Waals surface area contributed by atoms with Crippen LogP contribution in [0.3, 0.4) is 0 Å². The minimum atomic E-state index is 0.257. The SMILES string of the molecule is SCC1(Cn2cc(Br)cn2)CCOCC1. The van der Waals surface area contributed by atoms with Crippen LogP contribution in [-0.4, -0.2) is 28.7 Å². The van der Waals surface area contributed by atoms with Crippen molar-refractivity contribution < 1.29 is 4.74 Å². The van der Waals surface area contributed by atoms with Crippen LogP contribution in [0.5, 0.6) is 0 Å². The Bertz CT molecular complexity index is 323. The van der Waals surface area contributed by atoms with Gasteiger partial charge in [0.2, 0.25) is 0 Å². The van der Waals surface area contributed by atoms with Crippen LogP contribution in [0.1, 0.15) is 12.8 Å². The molecule has 0 aromatic carbocycles. The van der Waals surface area contributed by atoms with Crippen molar-refractivity contribution >= 4 is 28.6 Å². The molecule has 1 saturated heterocycles. The number of hydrogen-bond donors (Lipinski definition) is 1. The molecule has 1 aromatic rings. The molecule has 0 spiro atoms. The Morgan fingerprint density at radius 1 is 1.53 bits per heavy atom. The number of nitrogens with zero attached hydrogens (tertiary/aromatic N) is 2. The van der Waals surface area contributed by atoms with Crippen LogP contribution in [-0.2, 0) is 11.3 Å². The molecule has 84 valence electrons. The van der Waals surface area contributed by atoms with Gasteiger partial charge in [0.05, 0.1) is 10.7 Å². The minimum absolute atomic E-state index is 0.257. The lowest BCUT2D eigenvalue weighted by Crippen LogP contribution is -2.35. The monoisotopic (exact) mass is 290 g/mol. The molecule has 1 aliphatic rings. The fourth-order valence-electron chi connectivity index (χ4n) is 1.94. The van der Waals surface area contributed by atoms with Crippen molar-refractivity contribution in [1.82, 2.24) is 9.78 Å². The molecule has 3 nitrogen and oxygen atoms in total. The van der Waals surface area contributed by atoms with E-state index < -0.39 is 0 Å². The van der Waals surface area contributed by atoms with Crippen LogP contribution >= 0.6 is 28.6 Å². The van der Waals surface area contributed by atoms with Gasteiger partial charge in [-0.2, -0.15) is 17.7 Å². The molecular weight excluding hydrogens is 276 g/mol. The molecule has 0 bridgehead atoms. The lowest BCUT2D eigenvalue weighted by Gasteiger charge is -2.35. The largest absolute Gasteiger partial charge is 0.381 e. The van der Waals surface area contributed by atoms with E-state index in [4.69, 9.17) is 4.74 Å². The van der Waals surface area contributed by atoms with Crippen LogP contribution in [0.25, 0.3) is 0 Å².